The first kappa shape index (κ1) is 26.5. The van der Waals surface area contributed by atoms with Crippen LogP contribution in [0.4, 0.5) is 0 Å². The number of aromatic hydroxyl groups is 1. The lowest BCUT2D eigenvalue weighted by atomic mass is 10.0. The zero-order valence-electron chi connectivity index (χ0n) is 20.0. The summed E-state index contributed by atoms with van der Waals surface area (Å²) < 4.78 is 0. The molecule has 0 radical (unpaired) electrons. The molecule has 2 N–H and O–H groups in total. The lowest BCUT2D eigenvalue weighted by molar-refractivity contribution is -0.136. The zero-order chi connectivity index (χ0) is 23.2. The third-order valence-corrected chi connectivity index (χ3v) is 5.32. The Bertz CT molecular complexity index is 834. The van der Waals surface area contributed by atoms with E-state index in [1.807, 2.05) is 0 Å². The van der Waals surface area contributed by atoms with E-state index in [4.69, 9.17) is 5.11 Å². The lowest BCUT2D eigenvalue weighted by Crippen LogP contribution is -2.00. The second-order valence-corrected chi connectivity index (χ2v) is 8.79. The summed E-state index contributed by atoms with van der Waals surface area (Å²) in [5, 5.41) is 19.0. The second kappa shape index (κ2) is 14.5. The SMILES string of the molecule is CC(C)=CCC/C(C)=C/CC/C(C)=C/CC/C(C)=C/Cc1cc(CC(=O)O)ccc1O. The van der Waals surface area contributed by atoms with Crippen molar-refractivity contribution in [2.45, 2.75) is 86.0 Å². The Balaban J connectivity index is 2.43. The number of hydrogen-bond donors (Lipinski definition) is 2. The summed E-state index contributed by atoms with van der Waals surface area (Å²) in [5.74, 6) is -0.641. The highest BCUT2D eigenvalue weighted by molar-refractivity contribution is 5.70. The van der Waals surface area contributed by atoms with Crippen molar-refractivity contribution in [1.82, 2.24) is 0 Å². The highest BCUT2D eigenvalue weighted by Crippen LogP contribution is 2.21. The average molecular weight is 425 g/mol. The zero-order valence-corrected chi connectivity index (χ0v) is 20.0. The van der Waals surface area contributed by atoms with Gasteiger partial charge in [0.2, 0.25) is 0 Å². The Morgan fingerprint density at radius 2 is 1.32 bits per heavy atom. The summed E-state index contributed by atoms with van der Waals surface area (Å²) in [5.41, 5.74) is 7.06. The summed E-state index contributed by atoms with van der Waals surface area (Å²) in [6, 6.07) is 5.03. The van der Waals surface area contributed by atoms with Crippen molar-refractivity contribution in [3.05, 3.63) is 75.9 Å². The van der Waals surface area contributed by atoms with Crippen molar-refractivity contribution >= 4 is 5.97 Å². The Hall–Kier alpha value is -2.55. The van der Waals surface area contributed by atoms with Gasteiger partial charge in [-0.1, -0.05) is 58.7 Å². The molecule has 3 heteroatoms. The molecule has 0 bridgehead atoms. The van der Waals surface area contributed by atoms with Crippen molar-refractivity contribution in [3.63, 3.8) is 0 Å². The molecule has 0 aliphatic rings. The molecule has 0 saturated heterocycles. The molecule has 0 aromatic heterocycles. The molecule has 0 atom stereocenters. The van der Waals surface area contributed by atoms with Crippen molar-refractivity contribution < 1.29 is 15.0 Å². The molecule has 0 unspecified atom stereocenters. The summed E-state index contributed by atoms with van der Waals surface area (Å²) in [6.45, 7) is 10.8. The van der Waals surface area contributed by atoms with E-state index < -0.39 is 5.97 Å². The highest BCUT2D eigenvalue weighted by atomic mass is 16.4. The van der Waals surface area contributed by atoms with Crippen molar-refractivity contribution in [3.8, 4) is 5.75 Å². The predicted octanol–water partition coefficient (Wildman–Crippen LogP) is 7.71. The van der Waals surface area contributed by atoms with Crippen LogP contribution in [-0.2, 0) is 17.6 Å². The Morgan fingerprint density at radius 3 is 1.84 bits per heavy atom. The van der Waals surface area contributed by atoms with E-state index >= 15 is 0 Å². The van der Waals surface area contributed by atoms with Crippen LogP contribution in [0.1, 0.15) is 84.3 Å². The number of phenols is 1. The topological polar surface area (TPSA) is 57.5 Å². The number of rotatable bonds is 13. The molecule has 0 aliphatic heterocycles. The predicted molar refractivity (Wildman–Crippen MR) is 132 cm³/mol. The van der Waals surface area contributed by atoms with Crippen LogP contribution in [0.15, 0.2) is 64.8 Å². The van der Waals surface area contributed by atoms with Gasteiger partial charge in [0.1, 0.15) is 5.75 Å². The van der Waals surface area contributed by atoms with Gasteiger partial charge in [0.15, 0.2) is 0 Å². The molecule has 0 fully saturated rings. The first-order chi connectivity index (χ1) is 14.7. The van der Waals surface area contributed by atoms with Crippen LogP contribution in [0.25, 0.3) is 0 Å². The van der Waals surface area contributed by atoms with E-state index in [0.717, 1.165) is 44.1 Å². The summed E-state index contributed by atoms with van der Waals surface area (Å²) >= 11 is 0. The van der Waals surface area contributed by atoms with Gasteiger partial charge in [0.05, 0.1) is 6.42 Å². The minimum absolute atomic E-state index is 0.0236. The maximum absolute atomic E-state index is 10.9. The molecular weight excluding hydrogens is 384 g/mol. The maximum Gasteiger partial charge on any atom is 0.307 e. The standard InChI is InChI=1S/C28H40O3/c1-21(2)9-6-10-22(3)11-7-12-23(4)13-8-14-24(5)15-17-26-19-25(20-28(30)31)16-18-27(26)29/h9,11,13,15-16,18-19,29H,6-8,10,12,14,17,20H2,1-5H3,(H,30,31)/b22-11+,23-13+,24-15+. The monoisotopic (exact) mass is 424 g/mol. The van der Waals surface area contributed by atoms with Crippen LogP contribution in [0.5, 0.6) is 5.75 Å². The van der Waals surface area contributed by atoms with E-state index in [1.165, 1.54) is 22.3 Å². The van der Waals surface area contributed by atoms with Gasteiger partial charge in [-0.3, -0.25) is 4.79 Å². The molecule has 1 rings (SSSR count). The molecule has 0 saturated carbocycles. The molecule has 1 aromatic rings. The molecule has 0 spiro atoms. The number of benzene rings is 1. The fraction of sp³-hybridized carbons (Fsp3) is 0.464. The molecule has 170 valence electrons. The van der Waals surface area contributed by atoms with E-state index in [2.05, 4.69) is 58.9 Å². The van der Waals surface area contributed by atoms with Crippen LogP contribution >= 0.6 is 0 Å². The van der Waals surface area contributed by atoms with Crippen LogP contribution in [0, 0.1) is 0 Å². The van der Waals surface area contributed by atoms with Gasteiger partial charge < -0.3 is 10.2 Å². The molecule has 0 aliphatic carbocycles. The number of aliphatic carboxylic acids is 1. The lowest BCUT2D eigenvalue weighted by Gasteiger charge is -2.06. The van der Waals surface area contributed by atoms with Gasteiger partial charge >= 0.3 is 5.97 Å². The van der Waals surface area contributed by atoms with Crippen LogP contribution in [0.3, 0.4) is 0 Å². The van der Waals surface area contributed by atoms with Crippen LogP contribution in [-0.4, -0.2) is 16.2 Å². The minimum atomic E-state index is -0.861. The van der Waals surface area contributed by atoms with E-state index in [-0.39, 0.29) is 12.2 Å². The fourth-order valence-electron chi connectivity index (χ4n) is 3.36. The number of carboxylic acids is 1. The third-order valence-electron chi connectivity index (χ3n) is 5.32. The number of carboxylic acid groups (broad SMARTS) is 1. The Labute approximate surface area is 188 Å². The number of allylic oxidation sites excluding steroid dienone is 8. The smallest absolute Gasteiger partial charge is 0.307 e. The van der Waals surface area contributed by atoms with Crippen molar-refractivity contribution in [2.75, 3.05) is 0 Å². The first-order valence-corrected chi connectivity index (χ1v) is 11.3. The Kier molecular flexibility index (Phi) is 12.3. The van der Waals surface area contributed by atoms with Gasteiger partial charge in [-0.2, -0.15) is 0 Å². The number of hydrogen-bond acceptors (Lipinski definition) is 2. The molecular formula is C28H40O3. The van der Waals surface area contributed by atoms with Crippen molar-refractivity contribution in [1.29, 1.82) is 0 Å². The molecule has 0 heterocycles. The minimum Gasteiger partial charge on any atom is -0.508 e. The van der Waals surface area contributed by atoms with Gasteiger partial charge in [-0.25, -0.2) is 0 Å². The average Bonchev–Trinajstić information content (AvgIpc) is 2.67. The third kappa shape index (κ3) is 12.7. The quantitative estimate of drug-likeness (QED) is 0.319. The Morgan fingerprint density at radius 1 is 0.806 bits per heavy atom. The largest absolute Gasteiger partial charge is 0.508 e. The van der Waals surface area contributed by atoms with E-state index in [1.54, 1.807) is 18.2 Å². The number of phenolic OH excluding ortho intramolecular Hbond substituents is 1. The van der Waals surface area contributed by atoms with Gasteiger partial charge in [0, 0.05) is 0 Å². The summed E-state index contributed by atoms with van der Waals surface area (Å²) in [7, 11) is 0. The van der Waals surface area contributed by atoms with E-state index in [0.29, 0.717) is 12.0 Å². The molecule has 0 amide bonds. The fourth-order valence-corrected chi connectivity index (χ4v) is 3.36. The van der Waals surface area contributed by atoms with Crippen LogP contribution in [0.2, 0.25) is 0 Å². The number of carbonyl (C=O) groups is 1. The van der Waals surface area contributed by atoms with E-state index in [9.17, 15) is 9.90 Å². The summed E-state index contributed by atoms with van der Waals surface area (Å²) in [6.07, 6.45) is 16.2. The van der Waals surface area contributed by atoms with Gasteiger partial charge in [-0.05, 0) is 96.8 Å². The van der Waals surface area contributed by atoms with Crippen molar-refractivity contribution in [2.24, 2.45) is 0 Å². The maximum atomic E-state index is 10.9. The normalized spacial score (nSPS) is 12.7. The molecule has 31 heavy (non-hydrogen) atoms. The molecule has 1 aromatic carbocycles. The van der Waals surface area contributed by atoms with Crippen LogP contribution < -0.4 is 0 Å². The molecule has 3 nitrogen and oxygen atoms in total. The highest BCUT2D eigenvalue weighted by Gasteiger charge is 2.05. The van der Waals surface area contributed by atoms with Gasteiger partial charge in [-0.15, -0.1) is 0 Å². The van der Waals surface area contributed by atoms with Gasteiger partial charge in [0.25, 0.3) is 0 Å². The second-order valence-electron chi connectivity index (χ2n) is 8.79. The summed E-state index contributed by atoms with van der Waals surface area (Å²) in [4.78, 5) is 10.9. The first-order valence-electron chi connectivity index (χ1n) is 11.3.